The van der Waals surface area contributed by atoms with E-state index in [4.69, 9.17) is 9.05 Å². The van der Waals surface area contributed by atoms with E-state index in [2.05, 4.69) is 0 Å². The summed E-state index contributed by atoms with van der Waals surface area (Å²) in [7, 11) is -0.111. The molecule has 1 aliphatic heterocycles. The van der Waals surface area contributed by atoms with Gasteiger partial charge in [-0.25, -0.2) is 9.24 Å². The standard InChI is InChI=1S/C6H14NO3P/c1-5-6(2)7(5)11(8,9-3)10-4/h5-6H,1-4H3/t5-,6-/m0/s1. The second-order valence-corrected chi connectivity index (χ2v) is 4.82. The molecule has 1 aliphatic rings. The van der Waals surface area contributed by atoms with Gasteiger partial charge in [-0.3, -0.25) is 9.05 Å². The molecule has 0 unspecified atom stereocenters. The number of hydrogen-bond acceptors (Lipinski definition) is 3. The fourth-order valence-electron chi connectivity index (χ4n) is 1.19. The molecule has 0 aliphatic carbocycles. The Balaban J connectivity index is 2.66. The third-order valence-electron chi connectivity index (χ3n) is 2.19. The summed E-state index contributed by atoms with van der Waals surface area (Å²) in [6.45, 7) is 3.99. The Bertz CT molecular complexity index is 180. The average Bonchev–Trinajstić information content (AvgIpc) is 2.60. The summed E-state index contributed by atoms with van der Waals surface area (Å²) in [5, 5.41) is 0. The highest BCUT2D eigenvalue weighted by molar-refractivity contribution is 7.51. The first kappa shape index (κ1) is 9.20. The summed E-state index contributed by atoms with van der Waals surface area (Å²) in [6.07, 6.45) is 0. The van der Waals surface area contributed by atoms with Crippen LogP contribution in [0.15, 0.2) is 0 Å². The highest BCUT2D eigenvalue weighted by atomic mass is 31.2. The van der Waals surface area contributed by atoms with E-state index in [1.54, 1.807) is 4.67 Å². The Morgan fingerprint density at radius 2 is 1.55 bits per heavy atom. The highest BCUT2D eigenvalue weighted by Crippen LogP contribution is 2.60. The first-order valence-electron chi connectivity index (χ1n) is 3.57. The molecular weight excluding hydrogens is 165 g/mol. The lowest BCUT2D eigenvalue weighted by molar-refractivity contribution is 0.243. The van der Waals surface area contributed by atoms with E-state index in [1.807, 2.05) is 13.8 Å². The molecule has 1 rings (SSSR count). The van der Waals surface area contributed by atoms with E-state index >= 15 is 0 Å². The largest absolute Gasteiger partial charge is 0.408 e. The van der Waals surface area contributed by atoms with E-state index < -0.39 is 7.75 Å². The first-order chi connectivity index (χ1) is 5.06. The molecule has 0 bridgehead atoms. The van der Waals surface area contributed by atoms with Crippen LogP contribution < -0.4 is 0 Å². The molecule has 11 heavy (non-hydrogen) atoms. The lowest BCUT2D eigenvalue weighted by Crippen LogP contribution is -2.02. The highest BCUT2D eigenvalue weighted by Gasteiger charge is 2.53. The molecule has 0 aromatic heterocycles. The topological polar surface area (TPSA) is 38.5 Å². The van der Waals surface area contributed by atoms with Crippen LogP contribution in [-0.4, -0.2) is 31.0 Å². The van der Waals surface area contributed by atoms with E-state index in [0.717, 1.165) is 0 Å². The van der Waals surface area contributed by atoms with Crippen LogP contribution in [0.3, 0.4) is 0 Å². The van der Waals surface area contributed by atoms with Gasteiger partial charge >= 0.3 is 7.75 Å². The Morgan fingerprint density at radius 1 is 1.18 bits per heavy atom. The molecule has 66 valence electrons. The van der Waals surface area contributed by atoms with Crippen LogP contribution in [-0.2, 0) is 13.6 Å². The Kier molecular flexibility index (Phi) is 2.40. The van der Waals surface area contributed by atoms with Crippen LogP contribution in [0.4, 0.5) is 0 Å². The Hall–Kier alpha value is 0.110. The van der Waals surface area contributed by atoms with Crippen molar-refractivity contribution in [3.63, 3.8) is 0 Å². The molecule has 0 N–H and O–H groups in total. The van der Waals surface area contributed by atoms with Crippen molar-refractivity contribution in [1.29, 1.82) is 0 Å². The summed E-state index contributed by atoms with van der Waals surface area (Å²) in [5.74, 6) is 0. The van der Waals surface area contributed by atoms with Crippen LogP contribution in [0, 0.1) is 0 Å². The van der Waals surface area contributed by atoms with E-state index in [0.29, 0.717) is 12.1 Å². The van der Waals surface area contributed by atoms with Crippen LogP contribution in [0.1, 0.15) is 13.8 Å². The molecule has 0 amide bonds. The van der Waals surface area contributed by atoms with Gasteiger partial charge in [-0.1, -0.05) is 0 Å². The maximum Gasteiger partial charge on any atom is 0.408 e. The Morgan fingerprint density at radius 3 is 1.64 bits per heavy atom. The average molecular weight is 179 g/mol. The predicted molar refractivity (Wildman–Crippen MR) is 42.4 cm³/mol. The van der Waals surface area contributed by atoms with Gasteiger partial charge in [0.05, 0.1) is 0 Å². The van der Waals surface area contributed by atoms with Gasteiger partial charge in [0.2, 0.25) is 0 Å². The van der Waals surface area contributed by atoms with Gasteiger partial charge in [-0.15, -0.1) is 0 Å². The first-order valence-corrected chi connectivity index (χ1v) is 5.06. The minimum absolute atomic E-state index is 0.306. The molecule has 0 saturated carbocycles. The van der Waals surface area contributed by atoms with Gasteiger partial charge in [0.25, 0.3) is 0 Å². The summed E-state index contributed by atoms with van der Waals surface area (Å²) in [4.78, 5) is 0. The summed E-state index contributed by atoms with van der Waals surface area (Å²) in [6, 6.07) is 0.612. The van der Waals surface area contributed by atoms with Crippen molar-refractivity contribution in [3.05, 3.63) is 0 Å². The zero-order valence-electron chi connectivity index (χ0n) is 7.27. The second kappa shape index (κ2) is 2.87. The predicted octanol–water partition coefficient (Wildman–Crippen LogP) is 1.48. The summed E-state index contributed by atoms with van der Waals surface area (Å²) in [5.41, 5.74) is 0. The van der Waals surface area contributed by atoms with E-state index in [9.17, 15) is 4.57 Å². The van der Waals surface area contributed by atoms with Crippen molar-refractivity contribution in [3.8, 4) is 0 Å². The summed E-state index contributed by atoms with van der Waals surface area (Å²) >= 11 is 0. The van der Waals surface area contributed by atoms with Crippen molar-refractivity contribution in [2.75, 3.05) is 14.2 Å². The molecular formula is C6H14NO3P. The minimum atomic E-state index is -2.92. The maximum atomic E-state index is 11.6. The van der Waals surface area contributed by atoms with Crippen molar-refractivity contribution >= 4 is 7.75 Å². The molecule has 0 aromatic rings. The smallest absolute Gasteiger partial charge is 0.300 e. The fraction of sp³-hybridized carbons (Fsp3) is 1.00. The van der Waals surface area contributed by atoms with Crippen molar-refractivity contribution < 1.29 is 13.6 Å². The maximum absolute atomic E-state index is 11.6. The number of rotatable bonds is 3. The molecule has 4 nitrogen and oxygen atoms in total. The van der Waals surface area contributed by atoms with Crippen LogP contribution >= 0.6 is 7.75 Å². The Labute approximate surface area is 67.1 Å². The molecule has 0 aromatic carbocycles. The lowest BCUT2D eigenvalue weighted by atomic mass is 10.4. The molecule has 0 spiro atoms. The van der Waals surface area contributed by atoms with Crippen LogP contribution in [0.5, 0.6) is 0 Å². The minimum Gasteiger partial charge on any atom is -0.300 e. The normalized spacial score (nSPS) is 37.3. The second-order valence-electron chi connectivity index (χ2n) is 2.69. The van der Waals surface area contributed by atoms with Crippen LogP contribution in [0.25, 0.3) is 0 Å². The quantitative estimate of drug-likeness (QED) is 0.486. The summed E-state index contributed by atoms with van der Waals surface area (Å²) < 4.78 is 23.0. The molecule has 1 heterocycles. The SMILES string of the molecule is COP(=O)(OC)N1[C@@H](C)[C@@H]1C. The monoisotopic (exact) mass is 179 g/mol. The van der Waals surface area contributed by atoms with Gasteiger partial charge in [-0.05, 0) is 13.8 Å². The number of hydrogen-bond donors (Lipinski definition) is 0. The van der Waals surface area contributed by atoms with Gasteiger partial charge in [0, 0.05) is 26.3 Å². The fourth-order valence-corrected chi connectivity index (χ4v) is 2.94. The zero-order chi connectivity index (χ0) is 8.65. The van der Waals surface area contributed by atoms with Gasteiger partial charge in [0.1, 0.15) is 0 Å². The van der Waals surface area contributed by atoms with Gasteiger partial charge in [-0.2, -0.15) is 0 Å². The lowest BCUT2D eigenvalue weighted by Gasteiger charge is -2.14. The van der Waals surface area contributed by atoms with Gasteiger partial charge < -0.3 is 0 Å². The molecule has 5 heteroatoms. The number of nitrogens with zero attached hydrogens (tertiary/aromatic N) is 1. The van der Waals surface area contributed by atoms with Crippen molar-refractivity contribution in [2.24, 2.45) is 0 Å². The van der Waals surface area contributed by atoms with Crippen molar-refractivity contribution in [2.45, 2.75) is 25.9 Å². The molecule has 1 fully saturated rings. The zero-order valence-corrected chi connectivity index (χ0v) is 8.17. The van der Waals surface area contributed by atoms with Crippen molar-refractivity contribution in [1.82, 2.24) is 4.67 Å². The van der Waals surface area contributed by atoms with E-state index in [-0.39, 0.29) is 0 Å². The van der Waals surface area contributed by atoms with Gasteiger partial charge in [0.15, 0.2) is 0 Å². The third-order valence-corrected chi connectivity index (χ3v) is 4.40. The third kappa shape index (κ3) is 1.36. The van der Waals surface area contributed by atoms with Crippen LogP contribution in [0.2, 0.25) is 0 Å². The van der Waals surface area contributed by atoms with E-state index in [1.165, 1.54) is 14.2 Å². The molecule has 0 radical (unpaired) electrons. The molecule has 2 atom stereocenters. The molecule has 1 saturated heterocycles.